The summed E-state index contributed by atoms with van der Waals surface area (Å²) in [5, 5.41) is 6.44. The molecule has 18 heavy (non-hydrogen) atoms. The third-order valence-electron chi connectivity index (χ3n) is 2.68. The minimum Gasteiger partial charge on any atom is -0.309 e. The molecule has 0 amide bonds. The molecule has 0 aliphatic rings. The zero-order valence-corrected chi connectivity index (χ0v) is 13.3. The van der Waals surface area contributed by atoms with E-state index in [1.807, 2.05) is 18.2 Å². The van der Waals surface area contributed by atoms with Gasteiger partial charge in [-0.2, -0.15) is 0 Å². The summed E-state index contributed by atoms with van der Waals surface area (Å²) in [6.45, 7) is 3.11. The van der Waals surface area contributed by atoms with Gasteiger partial charge in [0.05, 0.1) is 0 Å². The van der Waals surface area contributed by atoms with Gasteiger partial charge in [-0.05, 0) is 53.0 Å². The van der Waals surface area contributed by atoms with Crippen molar-refractivity contribution in [2.24, 2.45) is 0 Å². The van der Waals surface area contributed by atoms with Crippen LogP contribution in [0.2, 0.25) is 5.02 Å². The number of benzene rings is 1. The van der Waals surface area contributed by atoms with Gasteiger partial charge in [0.15, 0.2) is 0 Å². The predicted octanol–water partition coefficient (Wildman–Crippen LogP) is 4.88. The van der Waals surface area contributed by atoms with Crippen molar-refractivity contribution in [2.45, 2.75) is 25.9 Å². The molecular formula is C14H15BrClNS. The van der Waals surface area contributed by atoms with E-state index in [0.29, 0.717) is 6.04 Å². The number of thiophene rings is 1. The van der Waals surface area contributed by atoms with Gasteiger partial charge in [0.1, 0.15) is 0 Å². The molecular weight excluding hydrogens is 330 g/mol. The zero-order valence-electron chi connectivity index (χ0n) is 10.1. The van der Waals surface area contributed by atoms with Crippen LogP contribution < -0.4 is 5.32 Å². The fraction of sp³-hybridized carbons (Fsp3) is 0.286. The van der Waals surface area contributed by atoms with Crippen LogP contribution in [-0.4, -0.2) is 6.04 Å². The smallest absolute Gasteiger partial charge is 0.0408 e. The Morgan fingerprint density at radius 3 is 2.89 bits per heavy atom. The van der Waals surface area contributed by atoms with Crippen molar-refractivity contribution in [3.05, 3.63) is 55.6 Å². The van der Waals surface area contributed by atoms with Crippen LogP contribution in [0.25, 0.3) is 0 Å². The molecule has 96 valence electrons. The van der Waals surface area contributed by atoms with Gasteiger partial charge in [-0.25, -0.2) is 0 Å². The lowest BCUT2D eigenvalue weighted by Crippen LogP contribution is -2.27. The highest BCUT2D eigenvalue weighted by Gasteiger charge is 2.05. The second-order valence-corrected chi connectivity index (χ2v) is 6.70. The van der Waals surface area contributed by atoms with Crippen LogP contribution in [0.5, 0.6) is 0 Å². The van der Waals surface area contributed by atoms with Gasteiger partial charge in [0.2, 0.25) is 0 Å². The first kappa shape index (κ1) is 14.1. The van der Waals surface area contributed by atoms with Crippen molar-refractivity contribution in [2.75, 3.05) is 0 Å². The number of nitrogens with one attached hydrogen (secondary N) is 1. The fourth-order valence-electron chi connectivity index (χ4n) is 1.81. The zero-order chi connectivity index (χ0) is 13.0. The van der Waals surface area contributed by atoms with Crippen molar-refractivity contribution >= 4 is 38.9 Å². The average Bonchev–Trinajstić information content (AvgIpc) is 2.73. The van der Waals surface area contributed by atoms with E-state index in [4.69, 9.17) is 11.6 Å². The Kier molecular flexibility index (Phi) is 5.25. The molecule has 4 heteroatoms. The molecule has 0 aliphatic carbocycles. The maximum atomic E-state index is 5.98. The first-order chi connectivity index (χ1) is 8.63. The summed E-state index contributed by atoms with van der Waals surface area (Å²) in [6, 6.07) is 10.6. The van der Waals surface area contributed by atoms with Gasteiger partial charge in [-0.3, -0.25) is 0 Å². The van der Waals surface area contributed by atoms with Gasteiger partial charge in [-0.1, -0.05) is 23.7 Å². The predicted molar refractivity (Wildman–Crippen MR) is 83.5 cm³/mol. The van der Waals surface area contributed by atoms with E-state index in [-0.39, 0.29) is 0 Å². The lowest BCUT2D eigenvalue weighted by atomic mass is 10.1. The Balaban J connectivity index is 1.83. The summed E-state index contributed by atoms with van der Waals surface area (Å²) in [7, 11) is 0. The van der Waals surface area contributed by atoms with Crippen LogP contribution in [0.15, 0.2) is 40.2 Å². The number of hydrogen-bond donors (Lipinski definition) is 1. The molecule has 1 atom stereocenters. The van der Waals surface area contributed by atoms with E-state index in [2.05, 4.69) is 45.7 Å². The molecule has 0 radical (unpaired) electrons. The Bertz CT molecular complexity index is 512. The highest BCUT2D eigenvalue weighted by Crippen LogP contribution is 2.19. The van der Waals surface area contributed by atoms with E-state index in [9.17, 15) is 0 Å². The minimum absolute atomic E-state index is 0.435. The molecule has 0 fully saturated rings. The van der Waals surface area contributed by atoms with E-state index in [1.54, 1.807) is 11.3 Å². The average molecular weight is 345 g/mol. The van der Waals surface area contributed by atoms with Crippen molar-refractivity contribution in [3.8, 4) is 0 Å². The second-order valence-electron chi connectivity index (χ2n) is 4.35. The highest BCUT2D eigenvalue weighted by atomic mass is 79.9. The first-order valence-corrected chi connectivity index (χ1v) is 7.89. The van der Waals surface area contributed by atoms with Gasteiger partial charge in [0.25, 0.3) is 0 Å². The molecule has 0 saturated carbocycles. The third-order valence-corrected chi connectivity index (χ3v) is 4.61. The number of hydrogen-bond acceptors (Lipinski definition) is 2. The van der Waals surface area contributed by atoms with Crippen molar-refractivity contribution in [1.82, 2.24) is 5.32 Å². The van der Waals surface area contributed by atoms with Crippen LogP contribution in [-0.2, 0) is 13.0 Å². The molecule has 1 aromatic carbocycles. The molecule has 0 saturated heterocycles. The summed E-state index contributed by atoms with van der Waals surface area (Å²) in [5.74, 6) is 0. The summed E-state index contributed by atoms with van der Waals surface area (Å²) in [5.41, 5.74) is 1.27. The van der Waals surface area contributed by atoms with Crippen LogP contribution >= 0.6 is 38.9 Å². The monoisotopic (exact) mass is 343 g/mol. The Morgan fingerprint density at radius 2 is 2.22 bits per heavy atom. The standard InChI is InChI=1S/C14H15BrClNS/c1-10(5-11-3-2-4-13(16)6-11)17-8-14-7-12(15)9-18-14/h2-4,6-7,9-10,17H,5,8H2,1H3. The number of rotatable bonds is 5. The Labute approximate surface area is 125 Å². The lowest BCUT2D eigenvalue weighted by molar-refractivity contribution is 0.549. The normalized spacial score (nSPS) is 12.6. The topological polar surface area (TPSA) is 12.0 Å². The quantitative estimate of drug-likeness (QED) is 0.814. The summed E-state index contributed by atoms with van der Waals surface area (Å²) < 4.78 is 1.16. The summed E-state index contributed by atoms with van der Waals surface area (Å²) in [4.78, 5) is 1.35. The van der Waals surface area contributed by atoms with E-state index in [0.717, 1.165) is 22.5 Å². The summed E-state index contributed by atoms with van der Waals surface area (Å²) >= 11 is 11.2. The molecule has 2 aromatic rings. The molecule has 1 aromatic heterocycles. The number of halogens is 2. The van der Waals surface area contributed by atoms with Crippen LogP contribution in [0, 0.1) is 0 Å². The second kappa shape index (κ2) is 6.71. The van der Waals surface area contributed by atoms with E-state index in [1.165, 1.54) is 10.4 Å². The van der Waals surface area contributed by atoms with Gasteiger partial charge in [0, 0.05) is 32.3 Å². The molecule has 1 heterocycles. The minimum atomic E-state index is 0.435. The molecule has 0 aliphatic heterocycles. The van der Waals surface area contributed by atoms with E-state index >= 15 is 0 Å². The SMILES string of the molecule is CC(Cc1cccc(Cl)c1)NCc1cc(Br)cs1. The van der Waals surface area contributed by atoms with Gasteiger partial charge < -0.3 is 5.32 Å². The largest absolute Gasteiger partial charge is 0.309 e. The molecule has 1 nitrogen and oxygen atoms in total. The maximum Gasteiger partial charge on any atom is 0.0408 e. The van der Waals surface area contributed by atoms with Crippen LogP contribution in [0.4, 0.5) is 0 Å². The highest BCUT2D eigenvalue weighted by molar-refractivity contribution is 9.10. The van der Waals surface area contributed by atoms with Crippen molar-refractivity contribution in [3.63, 3.8) is 0 Å². The fourth-order valence-corrected chi connectivity index (χ4v) is 3.43. The lowest BCUT2D eigenvalue weighted by Gasteiger charge is -2.13. The van der Waals surface area contributed by atoms with Crippen LogP contribution in [0.1, 0.15) is 17.4 Å². The van der Waals surface area contributed by atoms with Crippen LogP contribution in [0.3, 0.4) is 0 Å². The van der Waals surface area contributed by atoms with E-state index < -0.39 is 0 Å². The van der Waals surface area contributed by atoms with Crippen molar-refractivity contribution < 1.29 is 0 Å². The van der Waals surface area contributed by atoms with Gasteiger partial charge >= 0.3 is 0 Å². The molecule has 2 rings (SSSR count). The maximum absolute atomic E-state index is 5.98. The van der Waals surface area contributed by atoms with Crippen molar-refractivity contribution in [1.29, 1.82) is 0 Å². The molecule has 1 unspecified atom stereocenters. The summed E-state index contributed by atoms with van der Waals surface area (Å²) in [6.07, 6.45) is 0.993. The third kappa shape index (κ3) is 4.39. The molecule has 0 bridgehead atoms. The molecule has 1 N–H and O–H groups in total. The Morgan fingerprint density at radius 1 is 1.39 bits per heavy atom. The first-order valence-electron chi connectivity index (χ1n) is 5.84. The Hall–Kier alpha value is -0.350. The van der Waals surface area contributed by atoms with Gasteiger partial charge in [-0.15, -0.1) is 11.3 Å². The molecule has 0 spiro atoms.